The van der Waals surface area contributed by atoms with Gasteiger partial charge in [0.1, 0.15) is 0 Å². The van der Waals surface area contributed by atoms with Crippen LogP contribution in [0.2, 0.25) is 0 Å². The Morgan fingerprint density at radius 3 is 0.500 bits per heavy atom. The predicted molar refractivity (Wildman–Crippen MR) is 27.5 cm³/mol. The number of hydrogen-bond acceptors (Lipinski definition) is 0. The quantitative estimate of drug-likeness (QED) is 0.434. The van der Waals surface area contributed by atoms with E-state index in [4.69, 9.17) is 0 Å². The summed E-state index contributed by atoms with van der Waals surface area (Å²) in [6, 6.07) is 0. The fourth-order valence-corrected chi connectivity index (χ4v) is 0. The van der Waals surface area contributed by atoms with E-state index >= 15 is 0 Å². The SMILES string of the molecule is Cl.Cl.Cl.[Al]. The van der Waals surface area contributed by atoms with Crippen molar-refractivity contribution in [1.82, 2.24) is 0 Å². The van der Waals surface area contributed by atoms with Crippen molar-refractivity contribution in [2.45, 2.75) is 0 Å². The van der Waals surface area contributed by atoms with Crippen LogP contribution in [0.3, 0.4) is 0 Å². The van der Waals surface area contributed by atoms with Gasteiger partial charge >= 0.3 is 0 Å². The maximum absolute atomic E-state index is 0. The summed E-state index contributed by atoms with van der Waals surface area (Å²) in [7, 11) is 0. The second kappa shape index (κ2) is 25.9. The molecule has 0 amide bonds. The summed E-state index contributed by atoms with van der Waals surface area (Å²) in [6.07, 6.45) is 0. The van der Waals surface area contributed by atoms with E-state index in [1.807, 2.05) is 0 Å². The molecule has 4 heteroatoms. The lowest BCUT2D eigenvalue weighted by Crippen LogP contribution is -0.381. The third-order valence-electron chi connectivity index (χ3n) is 0. The van der Waals surface area contributed by atoms with E-state index in [9.17, 15) is 0 Å². The molecule has 0 aliphatic carbocycles. The van der Waals surface area contributed by atoms with Gasteiger partial charge in [-0.2, -0.15) is 0 Å². The molecule has 0 unspecified atom stereocenters. The van der Waals surface area contributed by atoms with Crippen LogP contribution in [0.1, 0.15) is 0 Å². The minimum Gasteiger partial charge on any atom is -0.147 e. The first kappa shape index (κ1) is 53.2. The fourth-order valence-electron chi connectivity index (χ4n) is 0. The molecule has 3 radical (unpaired) electrons. The molecule has 0 saturated carbocycles. The van der Waals surface area contributed by atoms with Gasteiger partial charge in [0.2, 0.25) is 0 Å². The average Bonchev–Trinajstić information content (AvgIpc) is 0. The summed E-state index contributed by atoms with van der Waals surface area (Å²) in [5.41, 5.74) is 0. The molecule has 0 aliphatic heterocycles. The molecule has 0 fully saturated rings. The maximum atomic E-state index is 0. The Labute approximate surface area is 54.7 Å². The minimum absolute atomic E-state index is 0. The molecule has 0 heterocycles. The highest BCUT2D eigenvalue weighted by Crippen LogP contribution is 0.692. The van der Waals surface area contributed by atoms with Crippen molar-refractivity contribution in [1.29, 1.82) is 0 Å². The average molecular weight is 136 g/mol. The Balaban J connectivity index is 0. The van der Waals surface area contributed by atoms with Crippen LogP contribution in [0.25, 0.3) is 0 Å². The minimum atomic E-state index is 0. The summed E-state index contributed by atoms with van der Waals surface area (Å²) in [6.45, 7) is 0. The molecule has 0 aromatic heterocycles. The molecule has 27 valence electrons. The number of rotatable bonds is 0. The third kappa shape index (κ3) is 9.98. The van der Waals surface area contributed by atoms with Crippen molar-refractivity contribution in [3.63, 3.8) is 0 Å². The second-order valence-electron chi connectivity index (χ2n) is 0. The molecule has 0 aromatic carbocycles. The predicted octanol–water partition coefficient (Wildman–Crippen LogP) is 0.885. The van der Waals surface area contributed by atoms with Crippen molar-refractivity contribution in [2.24, 2.45) is 0 Å². The largest absolute Gasteiger partial charge is 0.147 e. The molecule has 4 heavy (non-hydrogen) atoms. The smallest absolute Gasteiger partial charge is 0 e. The number of hydrogen-bond donors (Lipinski definition) is 0. The molecule has 0 aliphatic rings. The van der Waals surface area contributed by atoms with Crippen LogP contribution in [-0.4, -0.2) is 17.4 Å². The van der Waals surface area contributed by atoms with Gasteiger partial charge in [-0.3, -0.25) is 0 Å². The normalized spacial score (nSPS) is 0. The van der Waals surface area contributed by atoms with Gasteiger partial charge in [0.25, 0.3) is 0 Å². The summed E-state index contributed by atoms with van der Waals surface area (Å²) < 4.78 is 0. The molecular weight excluding hydrogens is 133 g/mol. The van der Waals surface area contributed by atoms with Gasteiger partial charge < -0.3 is 0 Å². The van der Waals surface area contributed by atoms with Crippen LogP contribution in [0.4, 0.5) is 0 Å². The van der Waals surface area contributed by atoms with E-state index in [1.165, 1.54) is 0 Å². The van der Waals surface area contributed by atoms with E-state index in [1.54, 1.807) is 0 Å². The van der Waals surface area contributed by atoms with Gasteiger partial charge in [-0.05, 0) is 0 Å². The highest BCUT2D eigenvalue weighted by molar-refractivity contribution is 5.86. The second-order valence-corrected chi connectivity index (χ2v) is 0. The third-order valence-corrected chi connectivity index (χ3v) is 0. The maximum Gasteiger partial charge on any atom is 0 e. The summed E-state index contributed by atoms with van der Waals surface area (Å²) in [5.74, 6) is 0. The van der Waals surface area contributed by atoms with Crippen molar-refractivity contribution >= 4 is 54.6 Å². The van der Waals surface area contributed by atoms with E-state index < -0.39 is 0 Å². The number of halogens is 3. The fraction of sp³-hybridized carbons (Fsp3) is 0. The molecule has 0 bridgehead atoms. The van der Waals surface area contributed by atoms with Gasteiger partial charge in [0.15, 0.2) is 0 Å². The Morgan fingerprint density at radius 1 is 0.500 bits per heavy atom. The van der Waals surface area contributed by atoms with Crippen LogP contribution < -0.4 is 0 Å². The lowest BCUT2D eigenvalue weighted by Gasteiger charge is -0.148. The molecule has 0 spiro atoms. The first-order valence-corrected chi connectivity index (χ1v) is 0. The summed E-state index contributed by atoms with van der Waals surface area (Å²) in [4.78, 5) is 0. The highest BCUT2D eigenvalue weighted by atomic mass is 35.5. The van der Waals surface area contributed by atoms with E-state index in [0.29, 0.717) is 0 Å². The van der Waals surface area contributed by atoms with Gasteiger partial charge in [0, 0.05) is 17.4 Å². The van der Waals surface area contributed by atoms with Gasteiger partial charge in [-0.15, -0.1) is 37.2 Å². The van der Waals surface area contributed by atoms with Crippen LogP contribution in [-0.2, 0) is 0 Å². The van der Waals surface area contributed by atoms with Crippen molar-refractivity contribution in [3.8, 4) is 0 Å². The topological polar surface area (TPSA) is 0 Å². The van der Waals surface area contributed by atoms with Crippen molar-refractivity contribution in [3.05, 3.63) is 0 Å². The van der Waals surface area contributed by atoms with Crippen LogP contribution >= 0.6 is 37.2 Å². The Morgan fingerprint density at radius 2 is 0.500 bits per heavy atom. The van der Waals surface area contributed by atoms with E-state index in [2.05, 4.69) is 0 Å². The zero-order chi connectivity index (χ0) is 0. The standard InChI is InChI=1S/Al.3ClH/h;3*1H. The molecule has 0 atom stereocenters. The lowest BCUT2D eigenvalue weighted by atomic mass is 27.0. The van der Waals surface area contributed by atoms with Crippen molar-refractivity contribution < 1.29 is 0 Å². The zero-order valence-corrected chi connectivity index (χ0v) is 5.41. The van der Waals surface area contributed by atoms with E-state index in [-0.39, 0.29) is 54.6 Å². The van der Waals surface area contributed by atoms with Crippen LogP contribution in [0.5, 0.6) is 0 Å². The molecule has 0 nitrogen and oxygen atoms in total. The molecule has 0 aromatic rings. The summed E-state index contributed by atoms with van der Waals surface area (Å²) >= 11 is 0. The lowest BCUT2D eigenvalue weighted by molar-refractivity contribution is 5.75. The molecular formula is H3AlCl3. The van der Waals surface area contributed by atoms with E-state index in [0.717, 1.165) is 0 Å². The highest BCUT2D eigenvalue weighted by Gasteiger charge is 0.0000207. The van der Waals surface area contributed by atoms with Gasteiger partial charge in [-0.1, -0.05) is 0 Å². The van der Waals surface area contributed by atoms with Gasteiger partial charge in [-0.25, -0.2) is 0 Å². The van der Waals surface area contributed by atoms with Crippen LogP contribution in [0, 0.1) is 0 Å². The Kier molecular flexibility index (Phi) is 345. The Bertz CT molecular complexity index is 3.25. The van der Waals surface area contributed by atoms with Gasteiger partial charge in [0.05, 0.1) is 0 Å². The summed E-state index contributed by atoms with van der Waals surface area (Å²) in [5, 5.41) is 0. The van der Waals surface area contributed by atoms with Crippen LogP contribution in [0.15, 0.2) is 0 Å². The monoisotopic (exact) mass is 135 g/mol. The molecule has 0 saturated heterocycles. The molecule has 0 rings (SSSR count). The molecule has 0 N–H and O–H groups in total. The first-order chi connectivity index (χ1) is 0. The zero-order valence-electron chi connectivity index (χ0n) is 1.80. The Hall–Kier alpha value is 1.40. The first-order valence-electron chi connectivity index (χ1n) is 0. The van der Waals surface area contributed by atoms with Crippen molar-refractivity contribution in [2.75, 3.05) is 0 Å².